The third-order valence-electron chi connectivity index (χ3n) is 12.6. The first-order valence-corrected chi connectivity index (χ1v) is 24.2. The van der Waals surface area contributed by atoms with E-state index in [-0.39, 0.29) is 12.1 Å². The topological polar surface area (TPSA) is 53.0 Å². The van der Waals surface area contributed by atoms with Crippen LogP contribution in [-0.2, 0) is 9.53 Å². The van der Waals surface area contributed by atoms with Gasteiger partial charge in [-0.1, -0.05) is 171 Å². The van der Waals surface area contributed by atoms with Crippen molar-refractivity contribution in [2.75, 3.05) is 32.8 Å². The van der Waals surface area contributed by atoms with E-state index in [4.69, 9.17) is 4.74 Å². The van der Waals surface area contributed by atoms with Gasteiger partial charge in [0, 0.05) is 18.5 Å². The molecule has 0 radical (unpaired) electrons. The van der Waals surface area contributed by atoms with Gasteiger partial charge >= 0.3 is 5.97 Å². The van der Waals surface area contributed by atoms with Crippen molar-refractivity contribution in [2.45, 2.75) is 260 Å². The van der Waals surface area contributed by atoms with E-state index in [1.807, 2.05) is 0 Å². The van der Waals surface area contributed by atoms with Gasteiger partial charge in [0.1, 0.15) is 0 Å². The van der Waals surface area contributed by atoms with Gasteiger partial charge in [-0.3, -0.25) is 4.79 Å². The summed E-state index contributed by atoms with van der Waals surface area (Å²) in [5.74, 6) is 1.55. The number of carbonyl (C=O) groups is 1. The summed E-state index contributed by atoms with van der Waals surface area (Å²) in [6.07, 6.45) is 35.0. The molecule has 0 aromatic carbocycles. The average Bonchev–Trinajstić information content (AvgIpc) is 3.16. The molecule has 5 atom stereocenters. The number of hydrogen-bond donors (Lipinski definition) is 1. The minimum Gasteiger partial charge on any atom is -0.466 e. The Kier molecular flexibility index (Phi) is 37.8. The predicted molar refractivity (Wildman–Crippen MR) is 234 cm³/mol. The van der Waals surface area contributed by atoms with Crippen LogP contribution in [0.1, 0.15) is 242 Å². The highest BCUT2D eigenvalue weighted by atomic mass is 16.5. The highest BCUT2D eigenvalue weighted by molar-refractivity contribution is 5.69. The summed E-state index contributed by atoms with van der Waals surface area (Å²) >= 11 is 0. The number of rotatable bonds is 41. The Labute approximate surface area is 333 Å². The lowest BCUT2D eigenvalue weighted by Gasteiger charge is -2.35. The number of unbranched alkanes of at least 4 members (excludes halogenated alkanes) is 12. The zero-order chi connectivity index (χ0) is 39.4. The van der Waals surface area contributed by atoms with Crippen molar-refractivity contribution < 1.29 is 14.6 Å². The van der Waals surface area contributed by atoms with E-state index >= 15 is 0 Å². The third-order valence-corrected chi connectivity index (χ3v) is 12.6. The highest BCUT2D eigenvalue weighted by Crippen LogP contribution is 2.35. The molecule has 0 aliphatic rings. The molecule has 0 bridgehead atoms. The Morgan fingerprint density at radius 2 is 0.830 bits per heavy atom. The molecular formula is C48H98N2O3. The summed E-state index contributed by atoms with van der Waals surface area (Å²) in [7, 11) is 0. The molecule has 0 aromatic rings. The van der Waals surface area contributed by atoms with Crippen molar-refractivity contribution in [2.24, 2.45) is 11.8 Å². The van der Waals surface area contributed by atoms with Crippen molar-refractivity contribution in [1.29, 1.82) is 0 Å². The summed E-state index contributed by atoms with van der Waals surface area (Å²) in [6.45, 7) is 23.8. The summed E-state index contributed by atoms with van der Waals surface area (Å²) < 4.78 is 5.59. The van der Waals surface area contributed by atoms with Crippen LogP contribution in [0, 0.1) is 11.8 Å². The fourth-order valence-electron chi connectivity index (χ4n) is 9.00. The molecule has 0 rings (SSSR count). The molecule has 0 spiro atoms. The molecule has 0 heterocycles. The van der Waals surface area contributed by atoms with E-state index in [1.165, 1.54) is 154 Å². The van der Waals surface area contributed by atoms with Gasteiger partial charge in [0.05, 0.1) is 12.7 Å². The fourth-order valence-corrected chi connectivity index (χ4v) is 9.00. The van der Waals surface area contributed by atoms with Crippen LogP contribution in [0.15, 0.2) is 0 Å². The first-order chi connectivity index (χ1) is 25.8. The lowest BCUT2D eigenvalue weighted by molar-refractivity contribution is -0.144. The number of carbonyl (C=O) groups excluding carboxylic acids is 1. The first-order valence-electron chi connectivity index (χ1n) is 24.2. The number of ether oxygens (including phenoxy) is 1. The van der Waals surface area contributed by atoms with Gasteiger partial charge in [-0.25, -0.2) is 0 Å². The number of aliphatic hydroxyl groups is 1. The van der Waals surface area contributed by atoms with Gasteiger partial charge < -0.3 is 19.6 Å². The van der Waals surface area contributed by atoms with Gasteiger partial charge in [0.15, 0.2) is 0 Å². The zero-order valence-electron chi connectivity index (χ0n) is 37.6. The highest BCUT2D eigenvalue weighted by Gasteiger charge is 2.26. The van der Waals surface area contributed by atoms with Gasteiger partial charge in [-0.15, -0.1) is 0 Å². The van der Waals surface area contributed by atoms with Crippen LogP contribution in [0.25, 0.3) is 0 Å². The molecule has 0 saturated carbocycles. The first kappa shape index (κ1) is 52.3. The second-order valence-corrected chi connectivity index (χ2v) is 16.7. The average molecular weight is 751 g/mol. The molecular weight excluding hydrogens is 653 g/mol. The maximum absolute atomic E-state index is 12.6. The molecule has 0 amide bonds. The summed E-state index contributed by atoms with van der Waals surface area (Å²) in [5.41, 5.74) is 0. The maximum Gasteiger partial charge on any atom is 0.305 e. The summed E-state index contributed by atoms with van der Waals surface area (Å²) in [5, 5.41) is 10.3. The number of hydrogen-bond acceptors (Lipinski definition) is 5. The van der Waals surface area contributed by atoms with Crippen molar-refractivity contribution in [1.82, 2.24) is 9.80 Å². The van der Waals surface area contributed by atoms with Gasteiger partial charge in [0.25, 0.3) is 0 Å². The quantitative estimate of drug-likeness (QED) is 0.0498. The SMILES string of the molecule is CCCCCCCCC(O)CCCOC(=O)CCCCCC(CCC(CCCCC)N(CC)CC)C(CCCC)CCC(CCCCC)N(CC)CC. The van der Waals surface area contributed by atoms with E-state index in [0.29, 0.717) is 13.0 Å². The molecule has 5 nitrogen and oxygen atoms in total. The summed E-state index contributed by atoms with van der Waals surface area (Å²) in [4.78, 5) is 18.1. The lowest BCUT2D eigenvalue weighted by atomic mass is 9.77. The fraction of sp³-hybridized carbons (Fsp3) is 0.979. The second-order valence-electron chi connectivity index (χ2n) is 16.7. The Morgan fingerprint density at radius 3 is 1.34 bits per heavy atom. The van der Waals surface area contributed by atoms with E-state index in [2.05, 4.69) is 65.2 Å². The molecule has 0 fully saturated rings. The number of aliphatic hydroxyl groups excluding tert-OH is 1. The van der Waals surface area contributed by atoms with E-state index in [9.17, 15) is 9.90 Å². The standard InChI is InChI=1S/C48H98N2O3/c1-9-17-21-22-23-28-35-47(51)36-30-42-53-48(52)37-29-24-27-32-44(39-41-46(34-26-19-11-3)50(15-7)16-8)43(31-20-12-4)38-40-45(33-25-18-10-2)49(13-5)14-6/h43-47,51H,9-42H2,1-8H3. The minimum atomic E-state index is -0.253. The Balaban J connectivity index is 5.28. The smallest absolute Gasteiger partial charge is 0.305 e. The van der Waals surface area contributed by atoms with E-state index in [1.54, 1.807) is 0 Å². The van der Waals surface area contributed by atoms with Crippen LogP contribution in [0.4, 0.5) is 0 Å². The van der Waals surface area contributed by atoms with Gasteiger partial charge in [-0.2, -0.15) is 0 Å². The molecule has 53 heavy (non-hydrogen) atoms. The van der Waals surface area contributed by atoms with Crippen LogP contribution in [0.3, 0.4) is 0 Å². The molecule has 5 unspecified atom stereocenters. The van der Waals surface area contributed by atoms with E-state index in [0.717, 1.165) is 75.5 Å². The molecule has 1 N–H and O–H groups in total. The van der Waals surface area contributed by atoms with Crippen LogP contribution in [0.2, 0.25) is 0 Å². The van der Waals surface area contributed by atoms with Gasteiger partial charge in [0.2, 0.25) is 0 Å². The van der Waals surface area contributed by atoms with Crippen molar-refractivity contribution in [3.05, 3.63) is 0 Å². The third kappa shape index (κ3) is 28.4. The Bertz CT molecular complexity index is 755. The monoisotopic (exact) mass is 751 g/mol. The van der Waals surface area contributed by atoms with Crippen molar-refractivity contribution in [3.8, 4) is 0 Å². The molecule has 0 aliphatic heterocycles. The zero-order valence-corrected chi connectivity index (χ0v) is 37.6. The van der Waals surface area contributed by atoms with Crippen LogP contribution in [-0.4, -0.2) is 71.8 Å². The van der Waals surface area contributed by atoms with E-state index < -0.39 is 0 Å². The molecule has 0 aromatic heterocycles. The van der Waals surface area contributed by atoms with Crippen molar-refractivity contribution >= 4 is 5.97 Å². The molecule has 0 saturated heterocycles. The number of esters is 1. The molecule has 0 aliphatic carbocycles. The minimum absolute atomic E-state index is 0.0487. The largest absolute Gasteiger partial charge is 0.466 e. The van der Waals surface area contributed by atoms with Crippen LogP contribution in [0.5, 0.6) is 0 Å². The molecule has 318 valence electrons. The van der Waals surface area contributed by atoms with Crippen molar-refractivity contribution in [3.63, 3.8) is 0 Å². The Morgan fingerprint density at radius 1 is 0.434 bits per heavy atom. The maximum atomic E-state index is 12.6. The predicted octanol–water partition coefficient (Wildman–Crippen LogP) is 13.9. The van der Waals surface area contributed by atoms with Crippen LogP contribution >= 0.6 is 0 Å². The Hall–Kier alpha value is -0.650. The lowest BCUT2D eigenvalue weighted by Crippen LogP contribution is -2.36. The number of nitrogens with zero attached hydrogens (tertiary/aromatic N) is 2. The second kappa shape index (κ2) is 38.2. The van der Waals surface area contributed by atoms with Crippen LogP contribution < -0.4 is 0 Å². The van der Waals surface area contributed by atoms with Gasteiger partial charge in [-0.05, 0) is 102 Å². The molecule has 5 heteroatoms. The summed E-state index contributed by atoms with van der Waals surface area (Å²) in [6, 6.07) is 1.45. The normalized spacial score (nSPS) is 14.8.